The predicted octanol–water partition coefficient (Wildman–Crippen LogP) is -2.88. The molecule has 0 saturated heterocycles. The number of hydrogen-bond acceptors (Lipinski definition) is 20. The highest BCUT2D eigenvalue weighted by molar-refractivity contribution is 5.92. The van der Waals surface area contributed by atoms with Gasteiger partial charge in [0.25, 0.3) is 0 Å². The zero-order chi connectivity index (χ0) is 47.9. The smallest absolute Gasteiger partial charge is 0.246 e. The van der Waals surface area contributed by atoms with E-state index in [9.17, 15) is 24.0 Å². The van der Waals surface area contributed by atoms with E-state index in [1.54, 1.807) is 0 Å². The van der Waals surface area contributed by atoms with Gasteiger partial charge in [-0.3, -0.25) is 24.0 Å². The van der Waals surface area contributed by atoms with E-state index in [-0.39, 0.29) is 103 Å². The first-order valence-electron chi connectivity index (χ1n) is 22.2. The van der Waals surface area contributed by atoms with E-state index in [4.69, 9.17) is 60.3 Å². The number of amides is 5. The first-order valence-corrected chi connectivity index (χ1v) is 22.2. The zero-order valence-electron chi connectivity index (χ0n) is 38.6. The molecule has 0 bridgehead atoms. The Balaban J connectivity index is 5.03. The molecule has 0 fully saturated rings. The predicted molar refractivity (Wildman–Crippen MR) is 233 cm³/mol. The summed E-state index contributed by atoms with van der Waals surface area (Å²) in [5.74, 6) is 12.9. The van der Waals surface area contributed by atoms with Crippen LogP contribution in [0.25, 0.3) is 0 Å². The Morgan fingerprint density at radius 1 is 0.385 bits per heavy atom. The molecule has 0 radical (unpaired) electrons. The van der Waals surface area contributed by atoms with Crippen molar-refractivity contribution in [1.29, 1.82) is 0 Å². The number of rotatable bonds is 49. The molecule has 25 nitrogen and oxygen atoms in total. The van der Waals surface area contributed by atoms with E-state index in [0.29, 0.717) is 118 Å². The molecule has 0 aromatic carbocycles. The number of ether oxygens (including phenoxy) is 9. The van der Waals surface area contributed by atoms with Crippen LogP contribution in [0, 0.1) is 5.92 Å². The molecular formula is C40H80N8O17. The molecule has 25 heteroatoms. The van der Waals surface area contributed by atoms with Gasteiger partial charge in [0.05, 0.1) is 119 Å². The van der Waals surface area contributed by atoms with Crippen molar-refractivity contribution in [3.63, 3.8) is 0 Å². The molecule has 5 amide bonds. The molecule has 2 atom stereocenters. The lowest BCUT2D eigenvalue weighted by Crippen LogP contribution is -2.54. The van der Waals surface area contributed by atoms with Crippen LogP contribution in [0.5, 0.6) is 0 Å². The van der Waals surface area contributed by atoms with Gasteiger partial charge in [-0.1, -0.05) is 13.8 Å². The van der Waals surface area contributed by atoms with Crippen LogP contribution in [0.3, 0.4) is 0 Å². The molecule has 0 heterocycles. The highest BCUT2D eigenvalue weighted by Gasteiger charge is 2.26. The van der Waals surface area contributed by atoms with Gasteiger partial charge in [-0.2, -0.15) is 0 Å². The van der Waals surface area contributed by atoms with Crippen molar-refractivity contribution < 1.29 is 81.1 Å². The number of nitrogens with two attached hydrogens (primary N) is 3. The molecule has 0 aliphatic rings. The van der Waals surface area contributed by atoms with Gasteiger partial charge in [0, 0.05) is 19.6 Å². The maximum absolute atomic E-state index is 13.7. The Hall–Kier alpha value is -3.25. The molecule has 0 spiro atoms. The Morgan fingerprint density at radius 3 is 1.06 bits per heavy atom. The minimum Gasteiger partial charge on any atom is -0.377 e. The van der Waals surface area contributed by atoms with Gasteiger partial charge >= 0.3 is 0 Å². The van der Waals surface area contributed by atoms with Crippen molar-refractivity contribution in [3.05, 3.63) is 0 Å². The number of carbonyl (C=O) groups is 5. The van der Waals surface area contributed by atoms with Gasteiger partial charge in [0.15, 0.2) is 0 Å². The van der Waals surface area contributed by atoms with Crippen molar-refractivity contribution in [1.82, 2.24) is 26.6 Å². The van der Waals surface area contributed by atoms with Crippen LogP contribution in [0.2, 0.25) is 0 Å². The molecule has 11 N–H and O–H groups in total. The molecule has 0 aliphatic carbocycles. The summed E-state index contributed by atoms with van der Waals surface area (Å²) in [5.41, 5.74) is 0. The van der Waals surface area contributed by atoms with Gasteiger partial charge < -0.3 is 83.7 Å². The van der Waals surface area contributed by atoms with Crippen LogP contribution in [0.1, 0.15) is 52.4 Å². The third kappa shape index (κ3) is 43.1. The monoisotopic (exact) mass is 945 g/mol. The van der Waals surface area contributed by atoms with Crippen LogP contribution >= 0.6 is 0 Å². The van der Waals surface area contributed by atoms with E-state index in [1.807, 2.05) is 13.8 Å². The van der Waals surface area contributed by atoms with Crippen molar-refractivity contribution in [2.75, 3.05) is 158 Å². The van der Waals surface area contributed by atoms with Gasteiger partial charge in [-0.05, 0) is 44.4 Å². The van der Waals surface area contributed by atoms with E-state index < -0.39 is 23.9 Å². The third-order valence-electron chi connectivity index (χ3n) is 8.42. The number of carbonyl (C=O) groups excluding carboxylic acids is 5. The van der Waals surface area contributed by atoms with Crippen molar-refractivity contribution >= 4 is 29.5 Å². The lowest BCUT2D eigenvalue weighted by atomic mass is 10.0. The van der Waals surface area contributed by atoms with E-state index in [2.05, 4.69) is 41.1 Å². The summed E-state index contributed by atoms with van der Waals surface area (Å²) in [6.07, 6.45) is 2.44. The summed E-state index contributed by atoms with van der Waals surface area (Å²) in [6.45, 7) is 9.73. The van der Waals surface area contributed by atoms with E-state index >= 15 is 0 Å². The van der Waals surface area contributed by atoms with Crippen LogP contribution in [0.15, 0.2) is 0 Å². The molecule has 382 valence electrons. The Labute approximate surface area is 383 Å². The zero-order valence-corrected chi connectivity index (χ0v) is 38.6. The fourth-order valence-electron chi connectivity index (χ4n) is 5.11. The quantitative estimate of drug-likeness (QED) is 0.0224. The van der Waals surface area contributed by atoms with Gasteiger partial charge in [0.1, 0.15) is 31.9 Å². The second-order valence-corrected chi connectivity index (χ2v) is 14.5. The van der Waals surface area contributed by atoms with E-state index in [0.717, 1.165) is 0 Å². The Morgan fingerprint density at radius 2 is 0.708 bits per heavy atom. The lowest BCUT2D eigenvalue weighted by Gasteiger charge is -2.24. The van der Waals surface area contributed by atoms with Crippen LogP contribution in [-0.2, 0) is 81.1 Å². The molecule has 0 aromatic heterocycles. The topological polar surface area (TPSA) is 334 Å². The molecular weight excluding hydrogens is 864 g/mol. The van der Waals surface area contributed by atoms with E-state index in [1.165, 1.54) is 0 Å². The summed E-state index contributed by atoms with van der Waals surface area (Å²) in [7, 11) is 0. The average Bonchev–Trinajstić information content (AvgIpc) is 3.28. The van der Waals surface area contributed by atoms with Gasteiger partial charge in [-0.15, -0.1) is 0 Å². The fourth-order valence-corrected chi connectivity index (χ4v) is 5.11. The Kier molecular flexibility index (Phi) is 44.9. The van der Waals surface area contributed by atoms with Crippen molar-refractivity contribution in [3.8, 4) is 0 Å². The first kappa shape index (κ1) is 61.8. The molecule has 0 rings (SSSR count). The summed E-state index contributed by atoms with van der Waals surface area (Å²) in [4.78, 5) is 77.7. The maximum Gasteiger partial charge on any atom is 0.246 e. The SMILES string of the molecule is CC(C)CNC(=O)C(CCCCNC(=O)COCCOCCOCCON)NC(=O)C(CCCCNC(=O)COCCOCCOCCON)NC(=O)COCCOCCOCCON. The number of unbranched alkanes of at least 4 members (excludes halogenated alkanes) is 2. The summed E-state index contributed by atoms with van der Waals surface area (Å²) in [6, 6.07) is -1.92. The van der Waals surface area contributed by atoms with Crippen LogP contribution in [-0.4, -0.2) is 200 Å². The largest absolute Gasteiger partial charge is 0.377 e. The van der Waals surface area contributed by atoms with Gasteiger partial charge in [0.2, 0.25) is 29.5 Å². The maximum atomic E-state index is 13.7. The normalized spacial score (nSPS) is 12.2. The second-order valence-electron chi connectivity index (χ2n) is 14.5. The number of hydrogen-bond donors (Lipinski definition) is 8. The number of nitrogens with one attached hydrogen (secondary N) is 5. The second kappa shape index (κ2) is 47.3. The molecule has 0 saturated carbocycles. The van der Waals surface area contributed by atoms with Crippen LogP contribution < -0.4 is 44.3 Å². The summed E-state index contributed by atoms with van der Waals surface area (Å²) in [5, 5.41) is 14.0. The van der Waals surface area contributed by atoms with Crippen LogP contribution in [0.4, 0.5) is 0 Å². The van der Waals surface area contributed by atoms with Crippen molar-refractivity contribution in [2.45, 2.75) is 64.5 Å². The Bertz CT molecular complexity index is 1170. The molecule has 0 aliphatic heterocycles. The fraction of sp³-hybridized carbons (Fsp3) is 0.875. The molecule has 2 unspecified atom stereocenters. The molecule has 0 aromatic rings. The molecule has 65 heavy (non-hydrogen) atoms. The van der Waals surface area contributed by atoms with Crippen molar-refractivity contribution in [2.24, 2.45) is 23.6 Å². The average molecular weight is 945 g/mol. The third-order valence-corrected chi connectivity index (χ3v) is 8.42. The lowest BCUT2D eigenvalue weighted by molar-refractivity contribution is -0.134. The minimum atomic E-state index is -1.01. The highest BCUT2D eigenvalue weighted by atomic mass is 16.6. The van der Waals surface area contributed by atoms with Gasteiger partial charge in [-0.25, -0.2) is 17.7 Å². The minimum absolute atomic E-state index is 0.123. The summed E-state index contributed by atoms with van der Waals surface area (Å²) < 4.78 is 48.0. The first-order chi connectivity index (χ1) is 31.6. The summed E-state index contributed by atoms with van der Waals surface area (Å²) >= 11 is 0. The highest BCUT2D eigenvalue weighted by Crippen LogP contribution is 2.07. The standard InChI is InChI=1S/C40H80N8O17/c1-33(2)29-46-39(52)34(7-3-5-9-44-36(49)30-60-20-17-54-11-14-57-23-26-63-41)48-40(53)35(47-38(51)32-62-22-19-56-13-16-59-25-28-65-43)8-4-6-10-45-37(50)31-61-21-18-55-12-15-58-24-27-64-42/h33-35H,3-32,41-43H2,1-2H3,(H,44,49)(H,45,50)(H,46,52)(H,47,51)(H,48,53).